The zero-order valence-electron chi connectivity index (χ0n) is 10.6. The number of hydrogen-bond acceptors (Lipinski definition) is 3. The van der Waals surface area contributed by atoms with Gasteiger partial charge in [-0.15, -0.1) is 0 Å². The van der Waals surface area contributed by atoms with E-state index >= 15 is 0 Å². The Labute approximate surface area is 108 Å². The SMILES string of the molecule is CCOC(=O)[C@@H]1C[C@@]1(C)c1ccc(C(F)(F)F)nc1. The second kappa shape index (κ2) is 4.51. The summed E-state index contributed by atoms with van der Waals surface area (Å²) in [7, 11) is 0. The van der Waals surface area contributed by atoms with E-state index in [4.69, 9.17) is 4.74 Å². The number of pyridine rings is 1. The van der Waals surface area contributed by atoms with E-state index in [-0.39, 0.29) is 11.9 Å². The normalized spacial score (nSPS) is 26.1. The Bertz CT molecular complexity index is 484. The van der Waals surface area contributed by atoms with E-state index in [0.717, 1.165) is 6.07 Å². The van der Waals surface area contributed by atoms with Gasteiger partial charge < -0.3 is 4.74 Å². The molecule has 0 amide bonds. The van der Waals surface area contributed by atoms with Crippen molar-refractivity contribution in [3.63, 3.8) is 0 Å². The van der Waals surface area contributed by atoms with Gasteiger partial charge in [0.15, 0.2) is 0 Å². The molecule has 0 spiro atoms. The summed E-state index contributed by atoms with van der Waals surface area (Å²) < 4.78 is 42.1. The molecule has 2 rings (SSSR count). The van der Waals surface area contributed by atoms with E-state index in [9.17, 15) is 18.0 Å². The zero-order valence-corrected chi connectivity index (χ0v) is 10.6. The summed E-state index contributed by atoms with van der Waals surface area (Å²) in [6.45, 7) is 3.85. The van der Waals surface area contributed by atoms with Crippen molar-refractivity contribution in [2.45, 2.75) is 31.9 Å². The monoisotopic (exact) mass is 273 g/mol. The van der Waals surface area contributed by atoms with Crippen LogP contribution in [0.3, 0.4) is 0 Å². The van der Waals surface area contributed by atoms with Crippen LogP contribution in [0.5, 0.6) is 0 Å². The van der Waals surface area contributed by atoms with Gasteiger partial charge >= 0.3 is 12.1 Å². The van der Waals surface area contributed by atoms with Crippen LogP contribution in [-0.2, 0) is 21.1 Å². The second-order valence-corrected chi connectivity index (χ2v) is 4.86. The minimum Gasteiger partial charge on any atom is -0.466 e. The lowest BCUT2D eigenvalue weighted by Gasteiger charge is -2.12. The first-order valence-electron chi connectivity index (χ1n) is 5.99. The summed E-state index contributed by atoms with van der Waals surface area (Å²) >= 11 is 0. The van der Waals surface area contributed by atoms with E-state index in [1.807, 2.05) is 6.92 Å². The molecular weight excluding hydrogens is 259 g/mol. The molecule has 6 heteroatoms. The van der Waals surface area contributed by atoms with Crippen LogP contribution in [0, 0.1) is 5.92 Å². The van der Waals surface area contributed by atoms with E-state index < -0.39 is 17.3 Å². The fourth-order valence-corrected chi connectivity index (χ4v) is 2.17. The third kappa shape index (κ3) is 2.57. The van der Waals surface area contributed by atoms with Crippen molar-refractivity contribution in [1.29, 1.82) is 0 Å². The first-order valence-corrected chi connectivity index (χ1v) is 5.99. The average Bonchev–Trinajstić information content (AvgIpc) is 3.03. The van der Waals surface area contributed by atoms with Crippen LogP contribution in [-0.4, -0.2) is 17.6 Å². The van der Waals surface area contributed by atoms with Gasteiger partial charge in [0.2, 0.25) is 0 Å². The maximum absolute atomic E-state index is 12.4. The van der Waals surface area contributed by atoms with Gasteiger partial charge in [-0.05, 0) is 25.0 Å². The number of halogens is 3. The molecule has 0 bridgehead atoms. The van der Waals surface area contributed by atoms with Crippen molar-refractivity contribution in [3.05, 3.63) is 29.6 Å². The summed E-state index contributed by atoms with van der Waals surface area (Å²) in [5, 5.41) is 0. The number of alkyl halides is 3. The van der Waals surface area contributed by atoms with Crippen molar-refractivity contribution >= 4 is 5.97 Å². The third-order valence-corrected chi connectivity index (χ3v) is 3.52. The maximum Gasteiger partial charge on any atom is 0.433 e. The Morgan fingerprint density at radius 1 is 1.53 bits per heavy atom. The van der Waals surface area contributed by atoms with Gasteiger partial charge in [0.25, 0.3) is 0 Å². The van der Waals surface area contributed by atoms with Gasteiger partial charge in [-0.3, -0.25) is 9.78 Å². The molecule has 0 aromatic carbocycles. The van der Waals surface area contributed by atoms with Gasteiger partial charge in [-0.25, -0.2) is 0 Å². The average molecular weight is 273 g/mol. The van der Waals surface area contributed by atoms with Crippen LogP contribution < -0.4 is 0 Å². The highest BCUT2D eigenvalue weighted by molar-refractivity contribution is 5.78. The molecule has 1 aromatic rings. The Morgan fingerprint density at radius 3 is 2.68 bits per heavy atom. The van der Waals surface area contributed by atoms with Gasteiger partial charge in [0.1, 0.15) is 5.69 Å². The van der Waals surface area contributed by atoms with Crippen molar-refractivity contribution in [1.82, 2.24) is 4.98 Å². The molecule has 0 aliphatic heterocycles. The number of nitrogens with zero attached hydrogens (tertiary/aromatic N) is 1. The second-order valence-electron chi connectivity index (χ2n) is 4.86. The molecular formula is C13H14F3NO2. The molecule has 0 unspecified atom stereocenters. The number of esters is 1. The fraction of sp³-hybridized carbons (Fsp3) is 0.538. The number of carbonyl (C=O) groups excluding carboxylic acids is 1. The van der Waals surface area contributed by atoms with Crippen molar-refractivity contribution in [2.24, 2.45) is 5.92 Å². The highest BCUT2D eigenvalue weighted by Gasteiger charge is 2.56. The molecule has 1 aliphatic carbocycles. The summed E-state index contributed by atoms with van der Waals surface area (Å²) in [6, 6.07) is 2.33. The lowest BCUT2D eigenvalue weighted by Crippen LogP contribution is -2.15. The van der Waals surface area contributed by atoms with Gasteiger partial charge in [0.05, 0.1) is 12.5 Å². The van der Waals surface area contributed by atoms with Crippen LogP contribution in [0.25, 0.3) is 0 Å². The Hall–Kier alpha value is -1.59. The summed E-state index contributed by atoms with van der Waals surface area (Å²) in [4.78, 5) is 15.0. The lowest BCUT2D eigenvalue weighted by atomic mass is 9.97. The summed E-state index contributed by atoms with van der Waals surface area (Å²) in [5.74, 6) is -0.587. The molecule has 0 N–H and O–H groups in total. The molecule has 1 saturated carbocycles. The van der Waals surface area contributed by atoms with Gasteiger partial charge in [0, 0.05) is 11.6 Å². The minimum absolute atomic E-state index is 0.286. The molecule has 0 radical (unpaired) electrons. The largest absolute Gasteiger partial charge is 0.466 e. The minimum atomic E-state index is -4.44. The zero-order chi connectivity index (χ0) is 14.3. The van der Waals surface area contributed by atoms with Gasteiger partial charge in [-0.2, -0.15) is 13.2 Å². The van der Waals surface area contributed by atoms with Crippen LogP contribution in [0.1, 0.15) is 31.5 Å². The van der Waals surface area contributed by atoms with Crippen LogP contribution in [0.15, 0.2) is 18.3 Å². The van der Waals surface area contributed by atoms with Crippen LogP contribution >= 0.6 is 0 Å². The van der Waals surface area contributed by atoms with Crippen molar-refractivity contribution in [2.75, 3.05) is 6.61 Å². The van der Waals surface area contributed by atoms with Crippen molar-refractivity contribution < 1.29 is 22.7 Å². The van der Waals surface area contributed by atoms with E-state index in [1.165, 1.54) is 12.3 Å². The third-order valence-electron chi connectivity index (χ3n) is 3.52. The highest BCUT2D eigenvalue weighted by Crippen LogP contribution is 2.54. The standard InChI is InChI=1S/C13H14F3NO2/c1-3-19-11(18)9-6-12(9,2)8-4-5-10(17-7-8)13(14,15)16/h4-5,7,9H,3,6H2,1-2H3/t9-,12-/m0/s1. The fourth-order valence-electron chi connectivity index (χ4n) is 2.17. The lowest BCUT2D eigenvalue weighted by molar-refractivity contribution is -0.145. The Balaban J connectivity index is 2.14. The molecule has 0 saturated heterocycles. The first kappa shape index (κ1) is 13.8. The number of hydrogen-bond donors (Lipinski definition) is 0. The van der Waals surface area contributed by atoms with E-state index in [1.54, 1.807) is 6.92 Å². The smallest absolute Gasteiger partial charge is 0.433 e. The summed E-state index contributed by atoms with van der Waals surface area (Å²) in [6.07, 6.45) is -2.66. The predicted molar refractivity (Wildman–Crippen MR) is 61.3 cm³/mol. The first-order chi connectivity index (χ1) is 8.79. The predicted octanol–water partition coefficient (Wildman–Crippen LogP) is 2.94. The van der Waals surface area contributed by atoms with Crippen molar-refractivity contribution in [3.8, 4) is 0 Å². The van der Waals surface area contributed by atoms with Gasteiger partial charge in [-0.1, -0.05) is 13.0 Å². The van der Waals surface area contributed by atoms with Crippen LogP contribution in [0.2, 0.25) is 0 Å². The molecule has 1 heterocycles. The molecule has 2 atom stereocenters. The topological polar surface area (TPSA) is 39.2 Å². The highest BCUT2D eigenvalue weighted by atomic mass is 19.4. The Kier molecular flexibility index (Phi) is 3.28. The molecule has 104 valence electrons. The Morgan fingerprint density at radius 2 is 2.21 bits per heavy atom. The quantitative estimate of drug-likeness (QED) is 0.795. The number of ether oxygens (including phenoxy) is 1. The number of carbonyl (C=O) groups is 1. The molecule has 1 aliphatic rings. The van der Waals surface area contributed by atoms with E-state index in [0.29, 0.717) is 18.6 Å². The number of rotatable bonds is 3. The molecule has 3 nitrogen and oxygen atoms in total. The number of aromatic nitrogens is 1. The molecule has 1 fully saturated rings. The molecule has 1 aromatic heterocycles. The summed E-state index contributed by atoms with van der Waals surface area (Å²) in [5.41, 5.74) is -0.740. The van der Waals surface area contributed by atoms with E-state index in [2.05, 4.69) is 4.98 Å². The molecule has 19 heavy (non-hydrogen) atoms. The maximum atomic E-state index is 12.4. The van der Waals surface area contributed by atoms with Crippen LogP contribution in [0.4, 0.5) is 13.2 Å².